The van der Waals surface area contributed by atoms with E-state index in [2.05, 4.69) is 10.6 Å². The minimum Gasteiger partial charge on any atom is -0.445 e. The molecule has 2 aliphatic rings. The number of alkyl carbamates (subject to hydrolysis) is 1. The third-order valence-electron chi connectivity index (χ3n) is 2.78. The lowest BCUT2D eigenvalue weighted by Gasteiger charge is -2.23. The number of hydrogen-bond acceptors (Lipinski definition) is 4. The summed E-state index contributed by atoms with van der Waals surface area (Å²) < 4.78 is 10.5. The first-order valence-corrected chi connectivity index (χ1v) is 5.60. The molecule has 2 fully saturated rings. The van der Waals surface area contributed by atoms with Crippen molar-refractivity contribution < 1.29 is 14.3 Å². The van der Waals surface area contributed by atoms with E-state index in [1.165, 1.54) is 0 Å². The van der Waals surface area contributed by atoms with Crippen LogP contribution in [0.4, 0.5) is 4.79 Å². The van der Waals surface area contributed by atoms with Crippen molar-refractivity contribution in [1.29, 1.82) is 0 Å². The Morgan fingerprint density at radius 1 is 1.47 bits per heavy atom. The van der Waals surface area contributed by atoms with Crippen molar-refractivity contribution >= 4 is 6.09 Å². The van der Waals surface area contributed by atoms with Crippen LogP contribution in [0.3, 0.4) is 0 Å². The highest BCUT2D eigenvalue weighted by Crippen LogP contribution is 2.08. The Balaban J connectivity index is 1.66. The zero-order chi connectivity index (χ0) is 10.5. The van der Waals surface area contributed by atoms with E-state index < -0.39 is 0 Å². The van der Waals surface area contributed by atoms with Gasteiger partial charge in [-0.1, -0.05) is 0 Å². The molecule has 2 rings (SSSR count). The first-order chi connectivity index (χ1) is 7.34. The Morgan fingerprint density at radius 3 is 3.07 bits per heavy atom. The minimum absolute atomic E-state index is 0.0288. The van der Waals surface area contributed by atoms with Gasteiger partial charge in [0.15, 0.2) is 0 Å². The smallest absolute Gasteiger partial charge is 0.407 e. The fourth-order valence-electron chi connectivity index (χ4n) is 1.92. The fourth-order valence-corrected chi connectivity index (χ4v) is 1.92. The first kappa shape index (κ1) is 10.7. The van der Waals surface area contributed by atoms with Crippen molar-refractivity contribution in [1.82, 2.24) is 10.6 Å². The second-order valence-corrected chi connectivity index (χ2v) is 4.08. The van der Waals surface area contributed by atoms with Crippen molar-refractivity contribution in [2.24, 2.45) is 0 Å². The van der Waals surface area contributed by atoms with Crippen molar-refractivity contribution in [2.75, 3.05) is 26.3 Å². The molecule has 0 aliphatic carbocycles. The van der Waals surface area contributed by atoms with Gasteiger partial charge >= 0.3 is 6.09 Å². The van der Waals surface area contributed by atoms with E-state index in [-0.39, 0.29) is 18.2 Å². The molecule has 15 heavy (non-hydrogen) atoms. The summed E-state index contributed by atoms with van der Waals surface area (Å²) in [5.41, 5.74) is 0. The fraction of sp³-hybridized carbons (Fsp3) is 0.900. The summed E-state index contributed by atoms with van der Waals surface area (Å²) in [6.45, 7) is 3.14. The predicted molar refractivity (Wildman–Crippen MR) is 54.7 cm³/mol. The minimum atomic E-state index is -0.306. The number of carbonyl (C=O) groups is 1. The highest BCUT2D eigenvalue weighted by molar-refractivity contribution is 5.67. The summed E-state index contributed by atoms with van der Waals surface area (Å²) >= 11 is 0. The average Bonchev–Trinajstić information content (AvgIpc) is 2.71. The number of piperidine rings is 1. The van der Waals surface area contributed by atoms with Gasteiger partial charge in [-0.05, 0) is 25.8 Å². The second-order valence-electron chi connectivity index (χ2n) is 4.08. The van der Waals surface area contributed by atoms with E-state index in [0.29, 0.717) is 6.61 Å². The van der Waals surface area contributed by atoms with E-state index in [0.717, 1.165) is 39.0 Å². The Morgan fingerprint density at radius 2 is 2.40 bits per heavy atom. The second kappa shape index (κ2) is 5.32. The quantitative estimate of drug-likeness (QED) is 0.692. The maximum atomic E-state index is 11.5. The van der Waals surface area contributed by atoms with Crippen LogP contribution in [-0.4, -0.2) is 44.5 Å². The molecule has 2 N–H and O–H groups in total. The lowest BCUT2D eigenvalue weighted by molar-refractivity contribution is 0.0790. The van der Waals surface area contributed by atoms with Crippen molar-refractivity contribution in [2.45, 2.75) is 31.4 Å². The molecule has 0 aromatic heterocycles. The van der Waals surface area contributed by atoms with E-state index in [1.807, 2.05) is 0 Å². The van der Waals surface area contributed by atoms with Crippen LogP contribution in [-0.2, 0) is 9.47 Å². The Labute approximate surface area is 89.5 Å². The third kappa shape index (κ3) is 3.35. The van der Waals surface area contributed by atoms with Crippen LogP contribution in [0.1, 0.15) is 19.3 Å². The predicted octanol–water partition coefficient (Wildman–Crippen LogP) is 0.253. The Kier molecular flexibility index (Phi) is 3.80. The van der Waals surface area contributed by atoms with Crippen molar-refractivity contribution in [3.8, 4) is 0 Å². The Hall–Kier alpha value is -0.810. The maximum absolute atomic E-state index is 11.5. The summed E-state index contributed by atoms with van der Waals surface area (Å²) in [7, 11) is 0. The molecule has 2 heterocycles. The molecule has 1 amide bonds. The first-order valence-electron chi connectivity index (χ1n) is 5.60. The summed E-state index contributed by atoms with van der Waals surface area (Å²) in [6.07, 6.45) is 2.64. The number of amides is 1. The summed E-state index contributed by atoms with van der Waals surface area (Å²) in [5, 5.41) is 6.02. The van der Waals surface area contributed by atoms with Crippen LogP contribution in [0.2, 0.25) is 0 Å². The van der Waals surface area contributed by atoms with E-state index in [4.69, 9.17) is 9.47 Å². The molecule has 5 heteroatoms. The van der Waals surface area contributed by atoms with Gasteiger partial charge in [-0.25, -0.2) is 4.79 Å². The molecule has 0 aromatic rings. The highest BCUT2D eigenvalue weighted by atomic mass is 16.6. The van der Waals surface area contributed by atoms with Crippen LogP contribution in [0.25, 0.3) is 0 Å². The summed E-state index contributed by atoms with van der Waals surface area (Å²) in [4.78, 5) is 11.5. The van der Waals surface area contributed by atoms with Crippen LogP contribution >= 0.6 is 0 Å². The summed E-state index contributed by atoms with van der Waals surface area (Å²) in [5.74, 6) is 0. The standard InChI is InChI=1S/C10H18N2O3/c13-10(12-8-3-5-14-7-8)15-9-2-1-4-11-6-9/h8-9,11H,1-7H2,(H,12,13)/t8?,9-/m0/s1. The lowest BCUT2D eigenvalue weighted by atomic mass is 10.1. The van der Waals surface area contributed by atoms with Crippen molar-refractivity contribution in [3.63, 3.8) is 0 Å². The van der Waals surface area contributed by atoms with Gasteiger partial charge in [0, 0.05) is 13.2 Å². The van der Waals surface area contributed by atoms with Crippen LogP contribution in [0.5, 0.6) is 0 Å². The largest absolute Gasteiger partial charge is 0.445 e. The topological polar surface area (TPSA) is 59.6 Å². The molecule has 86 valence electrons. The monoisotopic (exact) mass is 214 g/mol. The lowest BCUT2D eigenvalue weighted by Crippen LogP contribution is -2.42. The molecule has 0 aromatic carbocycles. The van der Waals surface area contributed by atoms with E-state index in [1.54, 1.807) is 0 Å². The van der Waals surface area contributed by atoms with Crippen molar-refractivity contribution in [3.05, 3.63) is 0 Å². The van der Waals surface area contributed by atoms with E-state index in [9.17, 15) is 4.79 Å². The number of rotatable bonds is 2. The molecular formula is C10H18N2O3. The summed E-state index contributed by atoms with van der Waals surface area (Å²) in [6, 6.07) is 0.133. The Bertz CT molecular complexity index is 211. The van der Waals surface area contributed by atoms with E-state index >= 15 is 0 Å². The van der Waals surface area contributed by atoms with Gasteiger partial charge in [0.2, 0.25) is 0 Å². The molecular weight excluding hydrogens is 196 g/mol. The number of hydrogen-bond donors (Lipinski definition) is 2. The average molecular weight is 214 g/mol. The molecule has 1 unspecified atom stereocenters. The zero-order valence-electron chi connectivity index (χ0n) is 8.83. The molecule has 5 nitrogen and oxygen atoms in total. The highest BCUT2D eigenvalue weighted by Gasteiger charge is 2.21. The van der Waals surface area contributed by atoms with Gasteiger partial charge in [0.25, 0.3) is 0 Å². The van der Waals surface area contributed by atoms with Crippen LogP contribution in [0.15, 0.2) is 0 Å². The molecule has 0 bridgehead atoms. The molecule has 2 aliphatic heterocycles. The molecule has 0 spiro atoms. The third-order valence-corrected chi connectivity index (χ3v) is 2.78. The molecule has 0 radical (unpaired) electrons. The number of ether oxygens (including phenoxy) is 2. The molecule has 2 saturated heterocycles. The van der Waals surface area contributed by atoms with Crippen LogP contribution < -0.4 is 10.6 Å². The normalized spacial score (nSPS) is 31.2. The molecule has 0 saturated carbocycles. The maximum Gasteiger partial charge on any atom is 0.407 e. The number of nitrogens with one attached hydrogen (secondary N) is 2. The van der Waals surface area contributed by atoms with Gasteiger partial charge in [-0.2, -0.15) is 0 Å². The van der Waals surface area contributed by atoms with Crippen LogP contribution in [0, 0.1) is 0 Å². The van der Waals surface area contributed by atoms with Gasteiger partial charge in [0.05, 0.1) is 12.6 Å². The van der Waals surface area contributed by atoms with Gasteiger partial charge in [-0.3, -0.25) is 0 Å². The van der Waals surface area contributed by atoms with Gasteiger partial charge in [-0.15, -0.1) is 0 Å². The number of carbonyl (C=O) groups excluding carboxylic acids is 1. The zero-order valence-corrected chi connectivity index (χ0v) is 8.83. The SMILES string of the molecule is O=C(NC1CCOC1)O[C@H]1CCCNC1. The van der Waals surface area contributed by atoms with Gasteiger partial charge in [0.1, 0.15) is 6.10 Å². The molecule has 2 atom stereocenters. The van der Waals surface area contributed by atoms with Gasteiger partial charge < -0.3 is 20.1 Å².